The molecule has 10 heteroatoms. The highest BCUT2D eigenvalue weighted by atomic mass is 19.1. The minimum Gasteiger partial charge on any atom is -0.341 e. The van der Waals surface area contributed by atoms with Crippen LogP contribution in [-0.4, -0.2) is 53.0 Å². The van der Waals surface area contributed by atoms with E-state index in [0.29, 0.717) is 5.56 Å². The summed E-state index contributed by atoms with van der Waals surface area (Å²) in [5, 5.41) is 16.7. The molecule has 2 aromatic carbocycles. The van der Waals surface area contributed by atoms with Crippen LogP contribution in [0, 0.1) is 5.82 Å². The van der Waals surface area contributed by atoms with Crippen molar-refractivity contribution in [2.45, 2.75) is 32.2 Å². The lowest BCUT2D eigenvalue weighted by Crippen LogP contribution is -2.36. The average Bonchev–Trinajstić information content (AvgIpc) is 3.59. The van der Waals surface area contributed by atoms with Gasteiger partial charge < -0.3 is 4.90 Å². The molecule has 9 nitrogen and oxygen atoms in total. The number of nitrogens with zero attached hydrogens (tertiary/aromatic N) is 9. The predicted octanol–water partition coefficient (Wildman–Crippen LogP) is 4.01. The normalized spacial score (nSPS) is 14.6. The van der Waals surface area contributed by atoms with E-state index in [0.717, 1.165) is 66.0 Å². The number of benzene rings is 2. The lowest BCUT2D eigenvalue weighted by atomic mass is 10.0. The Morgan fingerprint density at radius 2 is 1.77 bits per heavy atom. The van der Waals surface area contributed by atoms with Gasteiger partial charge in [-0.25, -0.2) is 19.0 Å². The van der Waals surface area contributed by atoms with Crippen LogP contribution in [0.15, 0.2) is 61.3 Å². The van der Waals surface area contributed by atoms with E-state index in [1.807, 2.05) is 53.6 Å². The zero-order valence-electron chi connectivity index (χ0n) is 19.3. The van der Waals surface area contributed by atoms with E-state index >= 15 is 4.39 Å². The molecule has 6 rings (SSSR count). The minimum atomic E-state index is -0.267. The largest absolute Gasteiger partial charge is 0.341 e. The molecule has 4 heterocycles. The molecule has 1 fully saturated rings. The number of halogens is 1. The van der Waals surface area contributed by atoms with Crippen LogP contribution in [0.1, 0.15) is 31.4 Å². The van der Waals surface area contributed by atoms with Crippen molar-refractivity contribution in [3.8, 4) is 16.8 Å². The number of hydrogen-bond donors (Lipinski definition) is 0. The number of anilines is 1. The summed E-state index contributed by atoms with van der Waals surface area (Å²) in [7, 11) is 0. The fourth-order valence-electron chi connectivity index (χ4n) is 4.66. The molecule has 1 aliphatic rings. The number of piperidine rings is 1. The van der Waals surface area contributed by atoms with Crippen LogP contribution in [0.25, 0.3) is 27.7 Å². The first-order chi connectivity index (χ1) is 17.2. The molecule has 0 saturated carbocycles. The van der Waals surface area contributed by atoms with Crippen LogP contribution in [-0.2, 0) is 6.42 Å². The van der Waals surface area contributed by atoms with E-state index in [4.69, 9.17) is 0 Å². The molecular formula is C25H24FN9. The van der Waals surface area contributed by atoms with Crippen molar-refractivity contribution in [2.24, 2.45) is 0 Å². The average molecular weight is 470 g/mol. The second kappa shape index (κ2) is 8.86. The Bertz CT molecular complexity index is 1440. The number of hydrogen-bond acceptors (Lipinski definition) is 7. The van der Waals surface area contributed by atoms with Crippen molar-refractivity contribution in [2.75, 3.05) is 18.0 Å². The van der Waals surface area contributed by atoms with Gasteiger partial charge in [0.2, 0.25) is 5.95 Å². The third-order valence-electron chi connectivity index (χ3n) is 6.67. The van der Waals surface area contributed by atoms with Gasteiger partial charge >= 0.3 is 0 Å². The smallest absolute Gasteiger partial charge is 0.225 e. The maximum absolute atomic E-state index is 15.2. The standard InChI is InChI=1S/C25H24FN9/c1-2-17-13-27-25(28-14-17)33-9-7-21(8-10-33)35-24-12-23(26)22(11-19(24)15-30-35)18-3-5-20(6-4-18)34-16-29-31-32-34/h3-6,11-16,21H,2,7-10H2,1H3. The van der Waals surface area contributed by atoms with Crippen LogP contribution in [0.5, 0.6) is 0 Å². The van der Waals surface area contributed by atoms with Crippen molar-refractivity contribution in [1.29, 1.82) is 0 Å². The Morgan fingerprint density at radius 3 is 2.46 bits per heavy atom. The van der Waals surface area contributed by atoms with Gasteiger partial charge in [0.25, 0.3) is 0 Å². The highest BCUT2D eigenvalue weighted by Gasteiger charge is 2.24. The van der Waals surface area contributed by atoms with Crippen LogP contribution in [0.4, 0.5) is 10.3 Å². The second-order valence-corrected chi connectivity index (χ2v) is 8.74. The number of fused-ring (bicyclic) bond motifs is 1. The summed E-state index contributed by atoms with van der Waals surface area (Å²) < 4.78 is 18.8. The molecule has 5 aromatic rings. The van der Waals surface area contributed by atoms with E-state index in [1.54, 1.807) is 10.7 Å². The van der Waals surface area contributed by atoms with Crippen LogP contribution < -0.4 is 4.90 Å². The van der Waals surface area contributed by atoms with Gasteiger partial charge in [-0.2, -0.15) is 5.10 Å². The summed E-state index contributed by atoms with van der Waals surface area (Å²) >= 11 is 0. The third kappa shape index (κ3) is 4.01. The van der Waals surface area contributed by atoms with Gasteiger partial charge in [0.15, 0.2) is 0 Å². The summed E-state index contributed by atoms with van der Waals surface area (Å²) in [6.45, 7) is 3.77. The molecule has 0 N–H and O–H groups in total. The topological polar surface area (TPSA) is 90.4 Å². The summed E-state index contributed by atoms with van der Waals surface area (Å²) in [4.78, 5) is 11.2. The molecule has 1 aliphatic heterocycles. The Balaban J connectivity index is 1.21. The molecular weight excluding hydrogens is 445 g/mol. The van der Waals surface area contributed by atoms with Gasteiger partial charge in [0, 0.05) is 42.5 Å². The van der Waals surface area contributed by atoms with Crippen molar-refractivity contribution >= 4 is 16.9 Å². The number of aryl methyl sites for hydroxylation is 1. The second-order valence-electron chi connectivity index (χ2n) is 8.74. The van der Waals surface area contributed by atoms with E-state index in [9.17, 15) is 0 Å². The summed E-state index contributed by atoms with van der Waals surface area (Å²) in [5.74, 6) is 0.504. The maximum Gasteiger partial charge on any atom is 0.225 e. The first-order valence-electron chi connectivity index (χ1n) is 11.8. The van der Waals surface area contributed by atoms with Gasteiger partial charge in [0.1, 0.15) is 12.1 Å². The Labute approximate surface area is 201 Å². The quantitative estimate of drug-likeness (QED) is 0.384. The predicted molar refractivity (Wildman–Crippen MR) is 130 cm³/mol. The third-order valence-corrected chi connectivity index (χ3v) is 6.67. The Morgan fingerprint density at radius 1 is 1.00 bits per heavy atom. The van der Waals surface area contributed by atoms with Crippen molar-refractivity contribution in [1.82, 2.24) is 40.0 Å². The molecule has 35 heavy (non-hydrogen) atoms. The van der Waals surface area contributed by atoms with Gasteiger partial charge in [0.05, 0.1) is 23.4 Å². The van der Waals surface area contributed by atoms with E-state index in [2.05, 4.69) is 42.4 Å². The van der Waals surface area contributed by atoms with E-state index in [-0.39, 0.29) is 11.9 Å². The van der Waals surface area contributed by atoms with Gasteiger partial charge in [-0.05, 0) is 59.0 Å². The molecule has 0 amide bonds. The number of rotatable bonds is 5. The zero-order valence-corrected chi connectivity index (χ0v) is 19.3. The molecule has 0 bridgehead atoms. The lowest BCUT2D eigenvalue weighted by molar-refractivity contribution is 0.373. The van der Waals surface area contributed by atoms with Crippen LogP contribution in [0.3, 0.4) is 0 Å². The molecule has 1 saturated heterocycles. The fraction of sp³-hybridized carbons (Fsp3) is 0.280. The van der Waals surface area contributed by atoms with Crippen LogP contribution >= 0.6 is 0 Å². The van der Waals surface area contributed by atoms with Gasteiger partial charge in [-0.15, -0.1) is 5.10 Å². The molecule has 176 valence electrons. The summed E-state index contributed by atoms with van der Waals surface area (Å²) in [6, 6.07) is 11.2. The fourth-order valence-corrected chi connectivity index (χ4v) is 4.66. The van der Waals surface area contributed by atoms with Crippen LogP contribution in [0.2, 0.25) is 0 Å². The van der Waals surface area contributed by atoms with Gasteiger partial charge in [-0.3, -0.25) is 4.68 Å². The lowest BCUT2D eigenvalue weighted by Gasteiger charge is -2.32. The van der Waals surface area contributed by atoms with E-state index in [1.165, 1.54) is 6.33 Å². The SMILES string of the molecule is CCc1cnc(N2CCC(n3ncc4cc(-c5ccc(-n6cnnn6)cc5)c(F)cc43)CC2)nc1. The monoisotopic (exact) mass is 469 g/mol. The zero-order chi connectivity index (χ0) is 23.8. The van der Waals surface area contributed by atoms with Crippen molar-refractivity contribution in [3.05, 3.63) is 72.7 Å². The summed E-state index contributed by atoms with van der Waals surface area (Å²) in [5.41, 5.74) is 4.10. The molecule has 0 radical (unpaired) electrons. The molecule has 0 atom stereocenters. The molecule has 0 aliphatic carbocycles. The maximum atomic E-state index is 15.2. The number of tetrazole rings is 1. The first-order valence-corrected chi connectivity index (χ1v) is 11.8. The Hall–Kier alpha value is -4.21. The minimum absolute atomic E-state index is 0.208. The molecule has 0 unspecified atom stereocenters. The first kappa shape index (κ1) is 21.3. The highest BCUT2D eigenvalue weighted by Crippen LogP contribution is 2.32. The van der Waals surface area contributed by atoms with E-state index < -0.39 is 0 Å². The highest BCUT2D eigenvalue weighted by molar-refractivity contribution is 5.85. The molecule has 0 spiro atoms. The van der Waals surface area contributed by atoms with Gasteiger partial charge in [-0.1, -0.05) is 19.1 Å². The Kier molecular flexibility index (Phi) is 5.40. The molecule has 3 aromatic heterocycles. The van der Waals surface area contributed by atoms with Crippen molar-refractivity contribution in [3.63, 3.8) is 0 Å². The number of aromatic nitrogens is 8. The van der Waals surface area contributed by atoms with Crippen molar-refractivity contribution < 1.29 is 4.39 Å². The summed E-state index contributed by atoms with van der Waals surface area (Å²) in [6.07, 6.45) is 9.88.